The first kappa shape index (κ1) is 19.7. The van der Waals surface area contributed by atoms with Crippen LogP contribution in [0.15, 0.2) is 42.5 Å². The van der Waals surface area contributed by atoms with E-state index in [2.05, 4.69) is 57.2 Å². The Morgan fingerprint density at radius 1 is 1.04 bits per heavy atom. The van der Waals surface area contributed by atoms with E-state index >= 15 is 0 Å². The minimum absolute atomic E-state index is 0.644. The van der Waals surface area contributed by atoms with E-state index in [-0.39, 0.29) is 0 Å². The van der Waals surface area contributed by atoms with Gasteiger partial charge in [0.15, 0.2) is 0 Å². The van der Waals surface area contributed by atoms with E-state index in [1.807, 2.05) is 12.1 Å². The van der Waals surface area contributed by atoms with Crippen molar-refractivity contribution in [2.45, 2.75) is 71.6 Å². The van der Waals surface area contributed by atoms with Crippen molar-refractivity contribution in [3.05, 3.63) is 59.2 Å². The average Bonchev–Trinajstić information content (AvgIpc) is 2.72. The summed E-state index contributed by atoms with van der Waals surface area (Å²) in [7, 11) is 0. The fourth-order valence-corrected chi connectivity index (χ4v) is 4.76. The third kappa shape index (κ3) is 4.81. The summed E-state index contributed by atoms with van der Waals surface area (Å²) in [6, 6.07) is 17.1. The molecule has 0 aliphatic heterocycles. The molecule has 0 radical (unpaired) electrons. The normalized spacial score (nSPS) is 20.8. The van der Waals surface area contributed by atoms with Crippen LogP contribution in [0.5, 0.6) is 0 Å². The molecule has 0 saturated heterocycles. The minimum Gasteiger partial charge on any atom is -0.192 e. The highest BCUT2D eigenvalue weighted by atomic mass is 14.3. The molecule has 1 unspecified atom stereocenters. The van der Waals surface area contributed by atoms with Crippen molar-refractivity contribution in [2.24, 2.45) is 11.8 Å². The zero-order valence-electron chi connectivity index (χ0n) is 17.2. The lowest BCUT2D eigenvalue weighted by Crippen LogP contribution is -2.19. The van der Waals surface area contributed by atoms with E-state index in [0.29, 0.717) is 5.92 Å². The molecule has 0 heterocycles. The van der Waals surface area contributed by atoms with Gasteiger partial charge in [-0.2, -0.15) is 5.26 Å². The van der Waals surface area contributed by atoms with Gasteiger partial charge in [-0.05, 0) is 71.9 Å². The Balaban J connectivity index is 1.67. The van der Waals surface area contributed by atoms with E-state index in [1.54, 1.807) is 0 Å². The van der Waals surface area contributed by atoms with E-state index in [0.717, 1.165) is 17.4 Å². The molecule has 1 nitrogen and oxygen atoms in total. The summed E-state index contributed by atoms with van der Waals surface area (Å²) < 4.78 is 0. The van der Waals surface area contributed by atoms with Crippen LogP contribution in [0.25, 0.3) is 11.1 Å². The molecule has 1 heteroatoms. The van der Waals surface area contributed by atoms with E-state index in [9.17, 15) is 0 Å². The Bertz CT molecular complexity index is 773. The summed E-state index contributed by atoms with van der Waals surface area (Å²) in [5.41, 5.74) is 6.01. The molecule has 0 amide bonds. The summed E-state index contributed by atoms with van der Waals surface area (Å²) in [5.74, 6) is 2.46. The summed E-state index contributed by atoms with van der Waals surface area (Å²) in [6.45, 7) is 6.94. The fourth-order valence-electron chi connectivity index (χ4n) is 4.76. The van der Waals surface area contributed by atoms with Crippen LogP contribution in [0, 0.1) is 30.1 Å². The second-order valence-electron chi connectivity index (χ2n) is 8.48. The van der Waals surface area contributed by atoms with Crippen LogP contribution in [0.4, 0.5) is 0 Å². The van der Waals surface area contributed by atoms with Gasteiger partial charge < -0.3 is 0 Å². The first-order valence-corrected chi connectivity index (χ1v) is 10.7. The van der Waals surface area contributed by atoms with Gasteiger partial charge in [0, 0.05) is 0 Å². The molecule has 1 saturated carbocycles. The quantitative estimate of drug-likeness (QED) is 0.520. The fraction of sp³-hybridized carbons (Fsp3) is 0.500. The van der Waals surface area contributed by atoms with Gasteiger partial charge in [-0.15, -0.1) is 0 Å². The number of benzene rings is 2. The zero-order chi connectivity index (χ0) is 19.2. The third-order valence-electron chi connectivity index (χ3n) is 6.67. The standard InChI is InChI=1S/C26H33N/c1-4-5-6-21-7-11-23(12-8-21)20(3)25-15-16-26(19(2)17-25)24-13-9-22(18-27)10-14-24/h9-10,13-17,20-21,23H,4-8,11-12H2,1-3H3. The largest absolute Gasteiger partial charge is 0.192 e. The van der Waals surface area contributed by atoms with Gasteiger partial charge in [-0.25, -0.2) is 0 Å². The molecule has 0 bridgehead atoms. The first-order chi connectivity index (χ1) is 13.1. The van der Waals surface area contributed by atoms with Crippen molar-refractivity contribution in [3.63, 3.8) is 0 Å². The Morgan fingerprint density at radius 3 is 2.33 bits per heavy atom. The van der Waals surface area contributed by atoms with Gasteiger partial charge in [0.2, 0.25) is 0 Å². The van der Waals surface area contributed by atoms with Crippen LogP contribution >= 0.6 is 0 Å². The van der Waals surface area contributed by atoms with Crippen LogP contribution in [0.3, 0.4) is 0 Å². The molecule has 2 aromatic carbocycles. The molecule has 0 aromatic heterocycles. The van der Waals surface area contributed by atoms with Crippen LogP contribution in [0.2, 0.25) is 0 Å². The topological polar surface area (TPSA) is 23.8 Å². The molecule has 1 fully saturated rings. The first-order valence-electron chi connectivity index (χ1n) is 10.7. The summed E-state index contributed by atoms with van der Waals surface area (Å²) >= 11 is 0. The molecule has 1 atom stereocenters. The molecular formula is C26H33N. The van der Waals surface area contributed by atoms with Gasteiger partial charge in [0.25, 0.3) is 0 Å². The Hall–Kier alpha value is -2.07. The lowest BCUT2D eigenvalue weighted by molar-refractivity contribution is 0.237. The number of nitrogens with zero attached hydrogens (tertiary/aromatic N) is 1. The third-order valence-corrected chi connectivity index (χ3v) is 6.67. The second-order valence-corrected chi connectivity index (χ2v) is 8.48. The molecule has 3 rings (SSSR count). The van der Waals surface area contributed by atoms with Crippen molar-refractivity contribution in [3.8, 4) is 17.2 Å². The van der Waals surface area contributed by atoms with E-state index in [1.165, 1.54) is 67.2 Å². The number of hydrogen-bond donors (Lipinski definition) is 0. The highest BCUT2D eigenvalue weighted by Crippen LogP contribution is 2.40. The molecule has 1 aliphatic carbocycles. The van der Waals surface area contributed by atoms with Crippen LogP contribution in [-0.4, -0.2) is 0 Å². The van der Waals surface area contributed by atoms with Crippen molar-refractivity contribution >= 4 is 0 Å². The van der Waals surface area contributed by atoms with Gasteiger partial charge in [0.05, 0.1) is 11.6 Å². The number of unbranched alkanes of at least 4 members (excludes halogenated alkanes) is 1. The van der Waals surface area contributed by atoms with Crippen molar-refractivity contribution in [1.82, 2.24) is 0 Å². The van der Waals surface area contributed by atoms with Gasteiger partial charge >= 0.3 is 0 Å². The highest BCUT2D eigenvalue weighted by Gasteiger charge is 2.26. The molecule has 27 heavy (non-hydrogen) atoms. The SMILES string of the molecule is CCCCC1CCC(C(C)c2ccc(-c3ccc(C#N)cc3)c(C)c2)CC1. The second kappa shape index (κ2) is 9.23. The Labute approximate surface area is 165 Å². The summed E-state index contributed by atoms with van der Waals surface area (Å²) in [5, 5.41) is 8.98. The Morgan fingerprint density at radius 2 is 1.74 bits per heavy atom. The summed E-state index contributed by atoms with van der Waals surface area (Å²) in [6.07, 6.45) is 9.82. The van der Waals surface area contributed by atoms with Crippen molar-refractivity contribution < 1.29 is 0 Å². The smallest absolute Gasteiger partial charge is 0.0991 e. The predicted molar refractivity (Wildman–Crippen MR) is 115 cm³/mol. The van der Waals surface area contributed by atoms with Crippen LogP contribution in [-0.2, 0) is 0 Å². The predicted octanol–water partition coefficient (Wildman–Crippen LogP) is 7.63. The number of nitriles is 1. The molecule has 1 aliphatic rings. The summed E-state index contributed by atoms with van der Waals surface area (Å²) in [4.78, 5) is 0. The maximum absolute atomic E-state index is 8.98. The minimum atomic E-state index is 0.644. The number of rotatable bonds is 6. The molecule has 142 valence electrons. The van der Waals surface area contributed by atoms with E-state index < -0.39 is 0 Å². The number of hydrogen-bond acceptors (Lipinski definition) is 1. The Kier molecular flexibility index (Phi) is 6.73. The van der Waals surface area contributed by atoms with Gasteiger partial charge in [-0.1, -0.05) is 76.3 Å². The van der Waals surface area contributed by atoms with E-state index in [4.69, 9.17) is 5.26 Å². The number of aryl methyl sites for hydroxylation is 1. The van der Waals surface area contributed by atoms with Crippen LogP contribution < -0.4 is 0 Å². The molecule has 2 aromatic rings. The van der Waals surface area contributed by atoms with Gasteiger partial charge in [-0.3, -0.25) is 0 Å². The molecule has 0 spiro atoms. The molecule has 0 N–H and O–H groups in total. The molecular weight excluding hydrogens is 326 g/mol. The van der Waals surface area contributed by atoms with Crippen molar-refractivity contribution in [2.75, 3.05) is 0 Å². The lowest BCUT2D eigenvalue weighted by Gasteiger charge is -2.33. The highest BCUT2D eigenvalue weighted by molar-refractivity contribution is 5.68. The monoisotopic (exact) mass is 359 g/mol. The van der Waals surface area contributed by atoms with Crippen molar-refractivity contribution in [1.29, 1.82) is 5.26 Å². The maximum Gasteiger partial charge on any atom is 0.0991 e. The lowest BCUT2D eigenvalue weighted by atomic mass is 9.73. The maximum atomic E-state index is 8.98. The van der Waals surface area contributed by atoms with Gasteiger partial charge in [0.1, 0.15) is 0 Å². The zero-order valence-corrected chi connectivity index (χ0v) is 17.2. The van der Waals surface area contributed by atoms with Crippen LogP contribution in [0.1, 0.15) is 81.4 Å². The average molecular weight is 360 g/mol.